The van der Waals surface area contributed by atoms with Crippen LogP contribution in [0, 0.1) is 0 Å². The number of aryl methyl sites for hydroxylation is 1. The molecule has 110 valence electrons. The third kappa shape index (κ3) is 2.93. The lowest BCUT2D eigenvalue weighted by Gasteiger charge is -2.18. The van der Waals surface area contributed by atoms with Crippen LogP contribution in [0.1, 0.15) is 42.7 Å². The normalized spacial score (nSPS) is 17.5. The summed E-state index contributed by atoms with van der Waals surface area (Å²) < 4.78 is 5.66. The molecule has 2 aliphatic carbocycles. The van der Waals surface area contributed by atoms with E-state index in [4.69, 9.17) is 4.42 Å². The molecule has 0 saturated heterocycles. The molecule has 1 aromatic heterocycles. The summed E-state index contributed by atoms with van der Waals surface area (Å²) in [5.74, 6) is 0.647. The van der Waals surface area contributed by atoms with Gasteiger partial charge in [0.25, 0.3) is 0 Å². The summed E-state index contributed by atoms with van der Waals surface area (Å²) in [6.07, 6.45) is 7.36. The Bertz CT molecular complexity index is 633. The van der Waals surface area contributed by atoms with Gasteiger partial charge in [-0.1, -0.05) is 17.2 Å². The van der Waals surface area contributed by atoms with E-state index in [-0.39, 0.29) is 0 Å². The molecule has 21 heavy (non-hydrogen) atoms. The molecule has 0 amide bonds. The molecular formula is C16H20N4O. The Morgan fingerprint density at radius 2 is 2.05 bits per heavy atom. The minimum atomic E-state index is 0.488. The van der Waals surface area contributed by atoms with Crippen LogP contribution in [-0.4, -0.2) is 16.2 Å². The molecule has 0 radical (unpaired) electrons. The van der Waals surface area contributed by atoms with E-state index in [0.717, 1.165) is 12.1 Å². The first-order valence-corrected chi connectivity index (χ1v) is 7.82. The number of fused-ring (bicyclic) bond motifs is 1. The van der Waals surface area contributed by atoms with Crippen molar-refractivity contribution in [1.82, 2.24) is 15.5 Å². The average Bonchev–Trinajstić information content (AvgIpc) is 3.25. The summed E-state index contributed by atoms with van der Waals surface area (Å²) in [4.78, 5) is 0. The second kappa shape index (κ2) is 5.48. The van der Waals surface area contributed by atoms with Crippen LogP contribution in [0.4, 0.5) is 11.7 Å². The van der Waals surface area contributed by atoms with E-state index in [0.29, 0.717) is 24.5 Å². The maximum Gasteiger partial charge on any atom is 0.320 e. The number of hydrogen-bond acceptors (Lipinski definition) is 5. The smallest absolute Gasteiger partial charge is 0.320 e. The van der Waals surface area contributed by atoms with Crippen LogP contribution in [0.15, 0.2) is 22.6 Å². The number of benzene rings is 1. The largest absolute Gasteiger partial charge is 0.406 e. The first-order chi connectivity index (χ1) is 10.4. The topological polar surface area (TPSA) is 63.0 Å². The zero-order chi connectivity index (χ0) is 14.1. The van der Waals surface area contributed by atoms with Crippen molar-refractivity contribution in [3.05, 3.63) is 35.2 Å². The number of nitrogens with zero attached hydrogens (tertiary/aromatic N) is 2. The molecule has 1 saturated carbocycles. The molecule has 0 spiro atoms. The Hall–Kier alpha value is -1.88. The molecule has 0 bridgehead atoms. The van der Waals surface area contributed by atoms with Gasteiger partial charge in [-0.15, -0.1) is 5.10 Å². The summed E-state index contributed by atoms with van der Waals surface area (Å²) in [6, 6.07) is 7.55. The number of aromatic nitrogens is 2. The monoisotopic (exact) mass is 284 g/mol. The number of hydrogen-bond donors (Lipinski definition) is 2. The maximum atomic E-state index is 5.66. The quantitative estimate of drug-likeness (QED) is 0.884. The van der Waals surface area contributed by atoms with Gasteiger partial charge in [0.2, 0.25) is 5.89 Å². The number of anilines is 2. The van der Waals surface area contributed by atoms with Gasteiger partial charge < -0.3 is 15.1 Å². The van der Waals surface area contributed by atoms with Crippen molar-refractivity contribution in [3.8, 4) is 0 Å². The van der Waals surface area contributed by atoms with E-state index in [9.17, 15) is 0 Å². The van der Waals surface area contributed by atoms with Gasteiger partial charge in [-0.2, -0.15) is 0 Å². The van der Waals surface area contributed by atoms with Crippen molar-refractivity contribution in [2.45, 2.75) is 51.1 Å². The minimum Gasteiger partial charge on any atom is -0.406 e. The van der Waals surface area contributed by atoms with Crippen molar-refractivity contribution < 1.29 is 4.42 Å². The highest BCUT2D eigenvalue weighted by molar-refractivity contribution is 5.60. The lowest BCUT2D eigenvalue weighted by Crippen LogP contribution is -2.15. The molecule has 4 rings (SSSR count). The summed E-state index contributed by atoms with van der Waals surface area (Å²) in [5.41, 5.74) is 3.96. The summed E-state index contributed by atoms with van der Waals surface area (Å²) in [7, 11) is 0. The van der Waals surface area contributed by atoms with Gasteiger partial charge in [0, 0.05) is 11.7 Å². The zero-order valence-corrected chi connectivity index (χ0v) is 12.1. The van der Waals surface area contributed by atoms with E-state index >= 15 is 0 Å². The molecule has 1 aromatic carbocycles. The van der Waals surface area contributed by atoms with E-state index in [1.165, 1.54) is 43.2 Å². The van der Waals surface area contributed by atoms with Crippen LogP contribution in [0.3, 0.4) is 0 Å². The third-order valence-corrected chi connectivity index (χ3v) is 4.22. The van der Waals surface area contributed by atoms with Gasteiger partial charge in [-0.05, 0) is 55.7 Å². The van der Waals surface area contributed by atoms with Crippen LogP contribution in [0.5, 0.6) is 0 Å². The minimum absolute atomic E-state index is 0.488. The van der Waals surface area contributed by atoms with Crippen molar-refractivity contribution in [3.63, 3.8) is 0 Å². The fourth-order valence-electron chi connectivity index (χ4n) is 2.91. The van der Waals surface area contributed by atoms with Crippen LogP contribution < -0.4 is 10.6 Å². The highest BCUT2D eigenvalue weighted by Gasteiger charge is 2.21. The molecule has 5 nitrogen and oxygen atoms in total. The molecule has 2 N–H and O–H groups in total. The van der Waals surface area contributed by atoms with Crippen LogP contribution >= 0.6 is 0 Å². The third-order valence-electron chi connectivity index (χ3n) is 4.22. The van der Waals surface area contributed by atoms with E-state index in [1.807, 2.05) is 0 Å². The van der Waals surface area contributed by atoms with Gasteiger partial charge in [0.1, 0.15) is 0 Å². The predicted octanol–water partition coefficient (Wildman–Crippen LogP) is 2.94. The first kappa shape index (κ1) is 12.8. The second-order valence-corrected chi connectivity index (χ2v) is 5.93. The molecule has 2 aromatic rings. The van der Waals surface area contributed by atoms with Gasteiger partial charge in [0.05, 0.1) is 6.54 Å². The fourth-order valence-corrected chi connectivity index (χ4v) is 2.91. The van der Waals surface area contributed by atoms with E-state index < -0.39 is 0 Å². The Balaban J connectivity index is 1.47. The van der Waals surface area contributed by atoms with E-state index in [2.05, 4.69) is 39.0 Å². The first-order valence-electron chi connectivity index (χ1n) is 7.82. The van der Waals surface area contributed by atoms with Gasteiger partial charge in [-0.3, -0.25) is 0 Å². The number of nitrogens with one attached hydrogen (secondary N) is 2. The van der Waals surface area contributed by atoms with E-state index in [1.54, 1.807) is 0 Å². The predicted molar refractivity (Wildman–Crippen MR) is 80.5 cm³/mol. The molecular weight excluding hydrogens is 264 g/mol. The lowest BCUT2D eigenvalue weighted by molar-refractivity contribution is 0.478. The highest BCUT2D eigenvalue weighted by atomic mass is 16.4. The van der Waals surface area contributed by atoms with Crippen LogP contribution in [0.2, 0.25) is 0 Å². The standard InChI is InChI=1S/C16H20N4O/c1-2-6-13-11(4-1)5-3-7-14(13)18-16-20-19-15(21-16)10-17-12-8-9-12/h3,5,7,12,17H,1-2,4,6,8-10H2,(H,18,20). The van der Waals surface area contributed by atoms with Crippen molar-refractivity contribution in [2.75, 3.05) is 5.32 Å². The summed E-state index contributed by atoms with van der Waals surface area (Å²) >= 11 is 0. The zero-order valence-electron chi connectivity index (χ0n) is 12.1. The van der Waals surface area contributed by atoms with Crippen molar-refractivity contribution in [1.29, 1.82) is 0 Å². The molecule has 0 atom stereocenters. The van der Waals surface area contributed by atoms with Crippen molar-refractivity contribution in [2.24, 2.45) is 0 Å². The molecule has 2 aliphatic rings. The fraction of sp³-hybridized carbons (Fsp3) is 0.500. The van der Waals surface area contributed by atoms with Gasteiger partial charge in [-0.25, -0.2) is 0 Å². The Morgan fingerprint density at radius 3 is 2.95 bits per heavy atom. The average molecular weight is 284 g/mol. The second-order valence-electron chi connectivity index (χ2n) is 5.93. The Labute approximate surface area is 124 Å². The highest BCUT2D eigenvalue weighted by Crippen LogP contribution is 2.29. The van der Waals surface area contributed by atoms with Gasteiger partial charge >= 0.3 is 6.01 Å². The summed E-state index contributed by atoms with van der Waals surface area (Å²) in [5, 5.41) is 14.8. The molecule has 1 heterocycles. The number of rotatable bonds is 5. The molecule has 5 heteroatoms. The van der Waals surface area contributed by atoms with Crippen LogP contribution in [-0.2, 0) is 19.4 Å². The molecule has 1 fully saturated rings. The molecule has 0 aliphatic heterocycles. The summed E-state index contributed by atoms with van der Waals surface area (Å²) in [6.45, 7) is 0.659. The van der Waals surface area contributed by atoms with Crippen molar-refractivity contribution >= 4 is 11.7 Å². The lowest BCUT2D eigenvalue weighted by atomic mass is 9.90. The Kier molecular flexibility index (Phi) is 3.35. The molecule has 0 unspecified atom stereocenters. The maximum absolute atomic E-state index is 5.66. The van der Waals surface area contributed by atoms with Crippen LogP contribution in [0.25, 0.3) is 0 Å². The SMILES string of the molecule is c1cc2c(c(Nc3nnc(CNC4CC4)o3)c1)CCCC2. The Morgan fingerprint density at radius 1 is 1.14 bits per heavy atom. The van der Waals surface area contributed by atoms with Gasteiger partial charge in [0.15, 0.2) is 0 Å².